The molecule has 0 atom stereocenters. The zero-order valence-corrected chi connectivity index (χ0v) is 16.9. The summed E-state index contributed by atoms with van der Waals surface area (Å²) >= 11 is 1.35. The number of benzene rings is 1. The third kappa shape index (κ3) is 4.11. The van der Waals surface area contributed by atoms with E-state index in [4.69, 9.17) is 11.5 Å². The number of halogens is 1. The standard InChI is InChI=1S/C18H16FN9O2S/c1-30-18(29)23-11-12(20)24-14(25-13(11)21)15-26-16(17-22-6-7-31-17)28(27-15)8-9-4-2-3-5-10(9)19/h2-7H,8H2,1H3,(H,23,29)(H4,20,21,24,25). The van der Waals surface area contributed by atoms with E-state index < -0.39 is 6.09 Å². The number of nitrogens with zero attached hydrogens (tertiary/aromatic N) is 6. The lowest BCUT2D eigenvalue weighted by Crippen LogP contribution is -2.16. The van der Waals surface area contributed by atoms with Gasteiger partial charge in [0.15, 0.2) is 22.5 Å². The fourth-order valence-corrected chi connectivity index (χ4v) is 3.33. The number of nitrogens with two attached hydrogens (primary N) is 2. The summed E-state index contributed by atoms with van der Waals surface area (Å²) in [5.74, 6) is 0.0155. The number of amides is 1. The quantitative estimate of drug-likeness (QED) is 0.422. The normalized spacial score (nSPS) is 10.8. The first-order chi connectivity index (χ1) is 15.0. The van der Waals surface area contributed by atoms with Gasteiger partial charge < -0.3 is 16.2 Å². The van der Waals surface area contributed by atoms with E-state index in [-0.39, 0.29) is 41.3 Å². The van der Waals surface area contributed by atoms with Gasteiger partial charge in [-0.1, -0.05) is 18.2 Å². The van der Waals surface area contributed by atoms with Gasteiger partial charge in [-0.25, -0.2) is 33.8 Å². The fourth-order valence-electron chi connectivity index (χ4n) is 2.70. The summed E-state index contributed by atoms with van der Waals surface area (Å²) in [4.78, 5) is 28.5. The van der Waals surface area contributed by atoms with Gasteiger partial charge in [-0.2, -0.15) is 0 Å². The highest BCUT2D eigenvalue weighted by atomic mass is 32.1. The van der Waals surface area contributed by atoms with E-state index in [9.17, 15) is 9.18 Å². The average molecular weight is 441 g/mol. The Kier molecular flexibility index (Phi) is 5.41. The lowest BCUT2D eigenvalue weighted by molar-refractivity contribution is 0.187. The van der Waals surface area contributed by atoms with Gasteiger partial charge in [-0.05, 0) is 6.07 Å². The van der Waals surface area contributed by atoms with Gasteiger partial charge in [-0.15, -0.1) is 16.4 Å². The molecule has 3 aromatic heterocycles. The fraction of sp³-hybridized carbons (Fsp3) is 0.111. The molecular weight excluding hydrogens is 425 g/mol. The molecule has 11 nitrogen and oxygen atoms in total. The molecule has 0 bridgehead atoms. The summed E-state index contributed by atoms with van der Waals surface area (Å²) in [6, 6.07) is 6.36. The second-order valence-electron chi connectivity index (χ2n) is 6.15. The Morgan fingerprint density at radius 1 is 1.19 bits per heavy atom. The number of anilines is 3. The van der Waals surface area contributed by atoms with E-state index in [0.29, 0.717) is 16.4 Å². The molecule has 0 fully saturated rings. The van der Waals surface area contributed by atoms with E-state index in [1.807, 2.05) is 0 Å². The van der Waals surface area contributed by atoms with Gasteiger partial charge in [0.1, 0.15) is 11.5 Å². The zero-order chi connectivity index (χ0) is 22.0. The smallest absolute Gasteiger partial charge is 0.411 e. The van der Waals surface area contributed by atoms with Crippen molar-refractivity contribution in [3.8, 4) is 22.5 Å². The highest BCUT2D eigenvalue weighted by Crippen LogP contribution is 2.28. The van der Waals surface area contributed by atoms with E-state index >= 15 is 0 Å². The van der Waals surface area contributed by atoms with Gasteiger partial charge in [0.05, 0.1) is 13.7 Å². The van der Waals surface area contributed by atoms with Gasteiger partial charge in [-0.3, -0.25) is 5.32 Å². The van der Waals surface area contributed by atoms with Crippen molar-refractivity contribution in [1.29, 1.82) is 0 Å². The van der Waals surface area contributed by atoms with Crippen LogP contribution in [0.25, 0.3) is 22.5 Å². The minimum atomic E-state index is -0.770. The molecule has 0 unspecified atom stereocenters. The van der Waals surface area contributed by atoms with Gasteiger partial charge >= 0.3 is 6.09 Å². The van der Waals surface area contributed by atoms with Gasteiger partial charge in [0, 0.05) is 17.1 Å². The first-order valence-corrected chi connectivity index (χ1v) is 9.70. The number of nitrogens with one attached hydrogen (secondary N) is 1. The first-order valence-electron chi connectivity index (χ1n) is 8.82. The number of aromatic nitrogens is 6. The number of nitrogen functional groups attached to an aromatic ring is 2. The Morgan fingerprint density at radius 2 is 1.94 bits per heavy atom. The number of ether oxygens (including phenoxy) is 1. The molecule has 0 radical (unpaired) electrons. The van der Waals surface area contributed by atoms with E-state index in [1.165, 1.54) is 29.2 Å². The van der Waals surface area contributed by atoms with E-state index in [0.717, 1.165) is 0 Å². The van der Waals surface area contributed by atoms with Crippen molar-refractivity contribution in [2.24, 2.45) is 0 Å². The van der Waals surface area contributed by atoms with Crippen molar-refractivity contribution in [2.45, 2.75) is 6.54 Å². The van der Waals surface area contributed by atoms with Crippen LogP contribution in [0.5, 0.6) is 0 Å². The van der Waals surface area contributed by atoms with E-state index in [2.05, 4.69) is 35.1 Å². The Labute approximate surface area is 178 Å². The molecule has 1 aromatic carbocycles. The maximum absolute atomic E-state index is 14.2. The minimum Gasteiger partial charge on any atom is -0.453 e. The molecule has 3 heterocycles. The van der Waals surface area contributed by atoms with Crippen molar-refractivity contribution >= 4 is 34.8 Å². The van der Waals surface area contributed by atoms with Crippen LogP contribution < -0.4 is 16.8 Å². The molecular formula is C18H16FN9O2S. The second-order valence-corrected chi connectivity index (χ2v) is 7.05. The summed E-state index contributed by atoms with van der Waals surface area (Å²) in [6.07, 6.45) is 0.856. The monoisotopic (exact) mass is 441 g/mol. The molecule has 5 N–H and O–H groups in total. The van der Waals surface area contributed by atoms with Gasteiger partial charge in [0.2, 0.25) is 11.6 Å². The Hall–Kier alpha value is -4.13. The van der Waals surface area contributed by atoms with Gasteiger partial charge in [0.25, 0.3) is 0 Å². The number of carbonyl (C=O) groups excluding carboxylic acids is 1. The third-order valence-corrected chi connectivity index (χ3v) is 4.92. The molecule has 4 aromatic rings. The van der Waals surface area contributed by atoms with Crippen LogP contribution in [0, 0.1) is 5.82 Å². The molecule has 0 aliphatic heterocycles. The predicted molar refractivity (Wildman–Crippen MR) is 113 cm³/mol. The molecule has 158 valence electrons. The van der Waals surface area contributed by atoms with Crippen molar-refractivity contribution in [1.82, 2.24) is 29.7 Å². The van der Waals surface area contributed by atoms with Crippen LogP contribution in [0.15, 0.2) is 35.8 Å². The summed E-state index contributed by atoms with van der Waals surface area (Å²) in [7, 11) is 1.20. The molecule has 4 rings (SSSR count). The van der Waals surface area contributed by atoms with Crippen molar-refractivity contribution in [2.75, 3.05) is 23.9 Å². The average Bonchev–Trinajstić information content (AvgIpc) is 3.42. The number of hydrogen-bond donors (Lipinski definition) is 3. The molecule has 0 saturated heterocycles. The number of carbonyl (C=O) groups is 1. The zero-order valence-electron chi connectivity index (χ0n) is 16.1. The Balaban J connectivity index is 1.76. The first kappa shape index (κ1) is 20.2. The van der Waals surface area contributed by atoms with Crippen LogP contribution in [-0.4, -0.2) is 42.9 Å². The molecule has 13 heteroatoms. The highest BCUT2D eigenvalue weighted by Gasteiger charge is 2.21. The van der Waals surface area contributed by atoms with Crippen molar-refractivity contribution in [3.05, 3.63) is 47.2 Å². The summed E-state index contributed by atoms with van der Waals surface area (Å²) in [5, 5.41) is 9.14. The highest BCUT2D eigenvalue weighted by molar-refractivity contribution is 7.13. The lowest BCUT2D eigenvalue weighted by atomic mass is 10.2. The van der Waals surface area contributed by atoms with Crippen LogP contribution in [0.2, 0.25) is 0 Å². The Bertz CT molecular complexity index is 1220. The number of rotatable bonds is 5. The third-order valence-electron chi connectivity index (χ3n) is 4.15. The van der Waals surface area contributed by atoms with E-state index in [1.54, 1.807) is 29.8 Å². The second kappa shape index (κ2) is 8.31. The predicted octanol–water partition coefficient (Wildman–Crippen LogP) is 2.39. The molecule has 0 spiro atoms. The summed E-state index contributed by atoms with van der Waals surface area (Å²) in [6.45, 7) is 0.113. The van der Waals surface area contributed by atoms with Crippen molar-refractivity contribution in [3.63, 3.8) is 0 Å². The Morgan fingerprint density at radius 3 is 2.58 bits per heavy atom. The maximum atomic E-state index is 14.2. The van der Waals surface area contributed by atoms with Crippen LogP contribution >= 0.6 is 11.3 Å². The summed E-state index contributed by atoms with van der Waals surface area (Å²) in [5.41, 5.74) is 12.3. The SMILES string of the molecule is COC(=O)Nc1c(N)nc(-c2nc(-c3nccs3)n(Cc3ccccc3F)n2)nc1N. The summed E-state index contributed by atoms with van der Waals surface area (Å²) < 4.78 is 20.2. The lowest BCUT2D eigenvalue weighted by Gasteiger charge is -2.09. The number of thiazole rings is 1. The molecule has 31 heavy (non-hydrogen) atoms. The topological polar surface area (TPSA) is 160 Å². The molecule has 0 saturated carbocycles. The molecule has 0 aliphatic carbocycles. The largest absolute Gasteiger partial charge is 0.453 e. The van der Waals surface area contributed by atoms with Crippen molar-refractivity contribution < 1.29 is 13.9 Å². The van der Waals surface area contributed by atoms with Crippen LogP contribution in [-0.2, 0) is 11.3 Å². The maximum Gasteiger partial charge on any atom is 0.411 e. The van der Waals surface area contributed by atoms with Crippen LogP contribution in [0.3, 0.4) is 0 Å². The minimum absolute atomic E-state index is 0.0153. The van der Waals surface area contributed by atoms with Crippen LogP contribution in [0.4, 0.5) is 26.5 Å². The molecule has 0 aliphatic rings. The number of hydrogen-bond acceptors (Lipinski definition) is 10. The number of methoxy groups -OCH3 is 1. The molecule has 1 amide bonds. The van der Waals surface area contributed by atoms with Crippen LogP contribution in [0.1, 0.15) is 5.56 Å².